The Labute approximate surface area is 146 Å². The van der Waals surface area contributed by atoms with Crippen molar-refractivity contribution in [2.24, 2.45) is 0 Å². The maximum Gasteiger partial charge on any atom is 0.312 e. The highest BCUT2D eigenvalue weighted by atomic mass is 16.2. The smallest absolute Gasteiger partial charge is 0.312 e. The van der Waals surface area contributed by atoms with Crippen molar-refractivity contribution in [1.82, 2.24) is 24.8 Å². The van der Waals surface area contributed by atoms with Crippen molar-refractivity contribution in [3.05, 3.63) is 42.2 Å². The van der Waals surface area contributed by atoms with Crippen LogP contribution in [0.25, 0.3) is 5.69 Å². The Morgan fingerprint density at radius 1 is 0.920 bits per heavy atom. The molecule has 0 unspecified atom stereocenters. The quantitative estimate of drug-likeness (QED) is 0.789. The van der Waals surface area contributed by atoms with Crippen molar-refractivity contribution in [1.29, 1.82) is 0 Å². The minimum absolute atomic E-state index is 0.263. The number of amides is 2. The van der Waals surface area contributed by atoms with Gasteiger partial charge >= 0.3 is 11.8 Å². The molecule has 0 atom stereocenters. The van der Waals surface area contributed by atoms with E-state index in [-0.39, 0.29) is 17.9 Å². The third-order valence-corrected chi connectivity index (χ3v) is 5.07. The minimum Gasteiger partial charge on any atom is -0.330 e. The fraction of sp³-hybridized carbons (Fsp3) is 0.444. The van der Waals surface area contributed by atoms with Crippen LogP contribution in [0.15, 0.2) is 36.7 Å². The second kappa shape index (κ2) is 6.66. The van der Waals surface area contributed by atoms with Gasteiger partial charge in [-0.3, -0.25) is 9.59 Å². The molecule has 130 valence electrons. The lowest BCUT2D eigenvalue weighted by Gasteiger charge is -2.37. The number of piperazine rings is 1. The number of nitrogens with zero attached hydrogens (tertiary/aromatic N) is 5. The van der Waals surface area contributed by atoms with Crippen molar-refractivity contribution in [3.8, 4) is 5.69 Å². The Morgan fingerprint density at radius 2 is 1.60 bits per heavy atom. The second-order valence-corrected chi connectivity index (χ2v) is 6.65. The van der Waals surface area contributed by atoms with Crippen LogP contribution in [-0.4, -0.2) is 55.7 Å². The summed E-state index contributed by atoms with van der Waals surface area (Å²) in [6.07, 6.45) is 7.63. The zero-order valence-electron chi connectivity index (χ0n) is 14.0. The first kappa shape index (κ1) is 15.8. The van der Waals surface area contributed by atoms with Gasteiger partial charge in [0.05, 0.1) is 18.1 Å². The molecule has 2 heterocycles. The van der Waals surface area contributed by atoms with Gasteiger partial charge in [-0.15, -0.1) is 0 Å². The van der Waals surface area contributed by atoms with Crippen molar-refractivity contribution >= 4 is 11.8 Å². The zero-order chi connectivity index (χ0) is 17.2. The Balaban J connectivity index is 1.41. The normalized spacial score (nSPS) is 19.0. The molecule has 0 N–H and O–H groups in total. The van der Waals surface area contributed by atoms with E-state index in [4.69, 9.17) is 0 Å². The predicted molar refractivity (Wildman–Crippen MR) is 90.7 cm³/mol. The van der Waals surface area contributed by atoms with E-state index in [1.165, 1.54) is 0 Å². The number of benzene rings is 1. The van der Waals surface area contributed by atoms with Gasteiger partial charge < -0.3 is 9.80 Å². The summed E-state index contributed by atoms with van der Waals surface area (Å²) >= 11 is 0. The van der Waals surface area contributed by atoms with Gasteiger partial charge in [0, 0.05) is 25.7 Å². The average molecular weight is 339 g/mol. The number of rotatable bonds is 4. The number of hydrogen-bond acceptors (Lipinski definition) is 4. The second-order valence-electron chi connectivity index (χ2n) is 6.65. The van der Waals surface area contributed by atoms with Gasteiger partial charge in [0.15, 0.2) is 0 Å². The van der Waals surface area contributed by atoms with Crippen LogP contribution in [0.3, 0.4) is 0 Å². The third-order valence-electron chi connectivity index (χ3n) is 5.07. The number of carbonyl (C=O) groups excluding carboxylic acids is 2. The van der Waals surface area contributed by atoms with E-state index in [0.29, 0.717) is 19.6 Å². The van der Waals surface area contributed by atoms with E-state index in [0.717, 1.165) is 36.9 Å². The molecule has 1 aromatic heterocycles. The molecule has 2 aliphatic rings. The summed E-state index contributed by atoms with van der Waals surface area (Å²) in [7, 11) is 0. The predicted octanol–water partition coefficient (Wildman–Crippen LogP) is 1.38. The van der Waals surface area contributed by atoms with Gasteiger partial charge in [-0.05, 0) is 30.5 Å². The molecular formula is C18H21N5O2. The third kappa shape index (κ3) is 3.14. The molecule has 1 saturated carbocycles. The molecule has 1 aliphatic heterocycles. The number of aromatic nitrogens is 3. The summed E-state index contributed by atoms with van der Waals surface area (Å²) in [5, 5.41) is 8.18. The van der Waals surface area contributed by atoms with Gasteiger partial charge in [-0.2, -0.15) is 15.0 Å². The molecule has 1 saturated heterocycles. The summed E-state index contributed by atoms with van der Waals surface area (Å²) in [6, 6.07) is 7.98. The molecule has 1 aromatic carbocycles. The zero-order valence-corrected chi connectivity index (χ0v) is 14.0. The van der Waals surface area contributed by atoms with Crippen LogP contribution in [0.1, 0.15) is 31.2 Å². The van der Waals surface area contributed by atoms with E-state index < -0.39 is 0 Å². The summed E-state index contributed by atoms with van der Waals surface area (Å²) in [5.41, 5.74) is 1.86. The van der Waals surface area contributed by atoms with Gasteiger partial charge in [-0.25, -0.2) is 0 Å². The fourth-order valence-electron chi connectivity index (χ4n) is 3.71. The molecule has 2 aromatic rings. The van der Waals surface area contributed by atoms with Crippen LogP contribution in [-0.2, 0) is 16.1 Å². The van der Waals surface area contributed by atoms with Crippen LogP contribution in [0.2, 0.25) is 0 Å². The standard InChI is InChI=1S/C18H21N5O2/c24-17-18(25)22(15-3-1-2-4-15)12-11-21(17)13-14-5-7-16(8-6-14)23-19-9-10-20-23/h5-10,15H,1-4,11-13H2. The van der Waals surface area contributed by atoms with Crippen molar-refractivity contribution in [3.63, 3.8) is 0 Å². The molecule has 0 radical (unpaired) electrons. The molecular weight excluding hydrogens is 318 g/mol. The molecule has 7 nitrogen and oxygen atoms in total. The Morgan fingerprint density at radius 3 is 2.28 bits per heavy atom. The van der Waals surface area contributed by atoms with E-state index in [1.807, 2.05) is 24.3 Å². The molecule has 0 bridgehead atoms. The summed E-state index contributed by atoms with van der Waals surface area (Å²) in [4.78, 5) is 29.9. The summed E-state index contributed by atoms with van der Waals surface area (Å²) in [5.74, 6) is -0.716. The molecule has 1 aliphatic carbocycles. The topological polar surface area (TPSA) is 71.3 Å². The molecule has 2 fully saturated rings. The molecule has 2 amide bonds. The van der Waals surface area contributed by atoms with Crippen LogP contribution in [0.4, 0.5) is 0 Å². The average Bonchev–Trinajstić information content (AvgIpc) is 3.33. The Bertz CT molecular complexity index is 750. The maximum absolute atomic E-state index is 12.5. The highest BCUT2D eigenvalue weighted by Gasteiger charge is 2.37. The lowest BCUT2D eigenvalue weighted by atomic mass is 10.1. The van der Waals surface area contributed by atoms with Crippen molar-refractivity contribution < 1.29 is 9.59 Å². The van der Waals surface area contributed by atoms with Crippen LogP contribution in [0.5, 0.6) is 0 Å². The lowest BCUT2D eigenvalue weighted by Crippen LogP contribution is -2.56. The summed E-state index contributed by atoms with van der Waals surface area (Å²) < 4.78 is 0. The molecule has 4 rings (SSSR count). The first-order chi connectivity index (χ1) is 12.2. The van der Waals surface area contributed by atoms with Gasteiger partial charge in [0.1, 0.15) is 0 Å². The number of carbonyl (C=O) groups is 2. The number of hydrogen-bond donors (Lipinski definition) is 0. The van der Waals surface area contributed by atoms with E-state index in [2.05, 4.69) is 10.2 Å². The maximum atomic E-state index is 12.5. The van der Waals surface area contributed by atoms with Gasteiger partial charge in [0.2, 0.25) is 0 Å². The van der Waals surface area contributed by atoms with Gasteiger partial charge in [0.25, 0.3) is 0 Å². The summed E-state index contributed by atoms with van der Waals surface area (Å²) in [6.45, 7) is 1.70. The molecule has 7 heteroatoms. The van der Waals surface area contributed by atoms with Gasteiger partial charge in [-0.1, -0.05) is 25.0 Å². The molecule has 0 spiro atoms. The SMILES string of the molecule is O=C1C(=O)N(C2CCCC2)CCN1Cc1ccc(-n2nccn2)cc1. The largest absolute Gasteiger partial charge is 0.330 e. The highest BCUT2D eigenvalue weighted by Crippen LogP contribution is 2.25. The van der Waals surface area contributed by atoms with Crippen LogP contribution in [0, 0.1) is 0 Å². The minimum atomic E-state index is -0.379. The Hall–Kier alpha value is -2.70. The first-order valence-corrected chi connectivity index (χ1v) is 8.78. The van der Waals surface area contributed by atoms with Crippen LogP contribution >= 0.6 is 0 Å². The van der Waals surface area contributed by atoms with Crippen LogP contribution < -0.4 is 0 Å². The van der Waals surface area contributed by atoms with E-state index in [9.17, 15) is 9.59 Å². The highest BCUT2D eigenvalue weighted by molar-refractivity contribution is 6.35. The Kier molecular flexibility index (Phi) is 4.21. The van der Waals surface area contributed by atoms with Crippen molar-refractivity contribution in [2.45, 2.75) is 38.3 Å². The fourth-order valence-corrected chi connectivity index (χ4v) is 3.71. The first-order valence-electron chi connectivity index (χ1n) is 8.78. The van der Waals surface area contributed by atoms with E-state index in [1.54, 1.807) is 27.0 Å². The lowest BCUT2D eigenvalue weighted by molar-refractivity contribution is -0.158. The monoisotopic (exact) mass is 339 g/mol. The van der Waals surface area contributed by atoms with E-state index >= 15 is 0 Å². The molecule has 25 heavy (non-hydrogen) atoms. The van der Waals surface area contributed by atoms with Crippen molar-refractivity contribution in [2.75, 3.05) is 13.1 Å².